The zero-order chi connectivity index (χ0) is 23.8. The molecule has 4 rings (SSSR count). The molecule has 33 heavy (non-hydrogen) atoms. The van der Waals surface area contributed by atoms with Gasteiger partial charge in [0.05, 0.1) is 6.04 Å². The van der Waals surface area contributed by atoms with E-state index in [1.165, 1.54) is 0 Å². The lowest BCUT2D eigenvalue weighted by Crippen LogP contribution is -2.36. The summed E-state index contributed by atoms with van der Waals surface area (Å²) in [6.07, 6.45) is 4.59. The van der Waals surface area contributed by atoms with E-state index in [4.69, 9.17) is 4.74 Å². The number of carbonyl (C=O) groups excluding carboxylic acids is 1. The van der Waals surface area contributed by atoms with Crippen LogP contribution in [0.25, 0.3) is 0 Å². The Morgan fingerprint density at radius 3 is 2.45 bits per heavy atom. The van der Waals surface area contributed by atoms with E-state index in [-0.39, 0.29) is 23.1 Å². The van der Waals surface area contributed by atoms with Gasteiger partial charge in [-0.15, -0.1) is 0 Å². The van der Waals surface area contributed by atoms with E-state index in [0.29, 0.717) is 25.7 Å². The molecule has 0 aliphatic heterocycles. The molecule has 1 amide bonds. The van der Waals surface area contributed by atoms with E-state index in [9.17, 15) is 26.4 Å². The molecule has 2 fully saturated rings. The van der Waals surface area contributed by atoms with Crippen molar-refractivity contribution in [1.82, 2.24) is 15.3 Å². The molecule has 1 atom stereocenters. The maximum absolute atomic E-state index is 14.6. The highest BCUT2D eigenvalue weighted by Crippen LogP contribution is 2.49. The predicted molar refractivity (Wildman–Crippen MR) is 113 cm³/mol. The van der Waals surface area contributed by atoms with Crippen LogP contribution in [-0.4, -0.2) is 36.6 Å². The summed E-state index contributed by atoms with van der Waals surface area (Å²) in [5.41, 5.74) is -0.229. The zero-order valence-electron chi connectivity index (χ0n) is 17.7. The van der Waals surface area contributed by atoms with Crippen LogP contribution in [0.2, 0.25) is 0 Å². The molecule has 0 unspecified atom stereocenters. The van der Waals surface area contributed by atoms with Crippen LogP contribution in [-0.2, 0) is 15.8 Å². The lowest BCUT2D eigenvalue weighted by Gasteiger charge is -2.18. The van der Waals surface area contributed by atoms with Crippen molar-refractivity contribution in [3.63, 3.8) is 0 Å². The summed E-state index contributed by atoms with van der Waals surface area (Å²) in [6.45, 7) is 0. The van der Waals surface area contributed by atoms with Gasteiger partial charge >= 0.3 is 5.92 Å². The van der Waals surface area contributed by atoms with Crippen LogP contribution in [0.5, 0.6) is 11.6 Å². The quantitative estimate of drug-likeness (QED) is 0.578. The number of aromatic nitrogens is 2. The van der Waals surface area contributed by atoms with Crippen LogP contribution in [0.15, 0.2) is 47.8 Å². The van der Waals surface area contributed by atoms with Crippen molar-refractivity contribution in [2.75, 3.05) is 6.26 Å². The molecule has 2 aliphatic carbocycles. The fourth-order valence-electron chi connectivity index (χ4n) is 3.23. The second-order valence-electron chi connectivity index (χ2n) is 8.30. The van der Waals surface area contributed by atoms with Gasteiger partial charge in [-0.05, 0) is 49.8 Å². The number of halogens is 3. The van der Waals surface area contributed by atoms with E-state index >= 15 is 0 Å². The Morgan fingerprint density at radius 1 is 1.21 bits per heavy atom. The van der Waals surface area contributed by atoms with Gasteiger partial charge in [0.15, 0.2) is 0 Å². The number of amides is 1. The van der Waals surface area contributed by atoms with Crippen LogP contribution in [0, 0.1) is 11.8 Å². The Morgan fingerprint density at radius 2 is 1.88 bits per heavy atom. The molecule has 0 bridgehead atoms. The fraction of sp³-hybridized carbons (Fsp3) is 0.409. The molecule has 0 spiro atoms. The van der Waals surface area contributed by atoms with Crippen molar-refractivity contribution < 1.29 is 31.1 Å². The minimum Gasteiger partial charge on any atom is -0.438 e. The van der Waals surface area contributed by atoms with Crippen molar-refractivity contribution >= 4 is 15.7 Å². The molecular formula is C22H22F3N3O4S. The van der Waals surface area contributed by atoms with Gasteiger partial charge in [0.2, 0.25) is 26.7 Å². The van der Waals surface area contributed by atoms with Crippen LogP contribution in [0.3, 0.4) is 0 Å². The summed E-state index contributed by atoms with van der Waals surface area (Å²) in [6, 6.07) is 7.30. The van der Waals surface area contributed by atoms with Crippen molar-refractivity contribution in [2.45, 2.75) is 37.6 Å². The molecule has 1 aromatic carbocycles. The average molecular weight is 481 g/mol. The molecule has 7 nitrogen and oxygen atoms in total. The highest BCUT2D eigenvalue weighted by atomic mass is 32.2. The van der Waals surface area contributed by atoms with E-state index in [1.54, 1.807) is 30.3 Å². The highest BCUT2D eigenvalue weighted by molar-refractivity contribution is 7.94. The molecule has 1 N–H and O–H groups in total. The van der Waals surface area contributed by atoms with Crippen molar-refractivity contribution in [1.29, 1.82) is 0 Å². The number of para-hydroxylation sites is 1. The summed E-state index contributed by atoms with van der Waals surface area (Å²) in [5, 5.41) is 1.20. The normalized spacial score (nSPS) is 18.0. The highest BCUT2D eigenvalue weighted by Gasteiger charge is 2.50. The number of hydrogen-bond donors (Lipinski definition) is 1. The van der Waals surface area contributed by atoms with Gasteiger partial charge in [-0.2, -0.15) is 18.2 Å². The minimum atomic E-state index is -4.07. The average Bonchev–Trinajstić information content (AvgIpc) is 3.65. The number of alkyl halides is 2. The fourth-order valence-corrected chi connectivity index (χ4v) is 3.63. The molecule has 11 heteroatoms. The Bertz CT molecular complexity index is 1180. The maximum atomic E-state index is 14.6. The van der Waals surface area contributed by atoms with Gasteiger partial charge in [0.1, 0.15) is 11.3 Å². The van der Waals surface area contributed by atoms with Crippen molar-refractivity contribution in [3.8, 4) is 11.6 Å². The Kier molecular flexibility index (Phi) is 6.17. The van der Waals surface area contributed by atoms with Gasteiger partial charge < -0.3 is 10.1 Å². The van der Waals surface area contributed by atoms with E-state index in [0.717, 1.165) is 18.5 Å². The third-order valence-corrected chi connectivity index (χ3v) is 6.28. The molecule has 2 saturated carbocycles. The molecule has 2 aliphatic rings. The maximum Gasteiger partial charge on any atom is 0.309 e. The third-order valence-electron chi connectivity index (χ3n) is 5.44. The number of nitrogens with one attached hydrogen (secondary N) is 1. The van der Waals surface area contributed by atoms with Crippen LogP contribution >= 0.6 is 0 Å². The van der Waals surface area contributed by atoms with Crippen molar-refractivity contribution in [2.24, 2.45) is 11.8 Å². The number of sulfone groups is 1. The zero-order valence-corrected chi connectivity index (χ0v) is 18.5. The van der Waals surface area contributed by atoms with Gasteiger partial charge in [-0.3, -0.25) is 4.79 Å². The summed E-state index contributed by atoms with van der Waals surface area (Å²) in [4.78, 5) is 20.6. The lowest BCUT2D eigenvalue weighted by atomic mass is 10.1. The van der Waals surface area contributed by atoms with E-state index in [1.807, 2.05) is 0 Å². The largest absolute Gasteiger partial charge is 0.438 e. The predicted octanol–water partition coefficient (Wildman–Crippen LogP) is 4.13. The molecular weight excluding hydrogens is 459 g/mol. The topological polar surface area (TPSA) is 98.2 Å². The van der Waals surface area contributed by atoms with Crippen LogP contribution in [0.1, 0.15) is 41.9 Å². The van der Waals surface area contributed by atoms with Gasteiger partial charge in [0.25, 0.3) is 5.91 Å². The standard InChI is InChI=1S/C22H22F3N3O4S/c1-33(30,31)18(23)11-17(13-7-8-13)27-19(29)16-12-26-21(22(24,25)14-9-10-14)28-20(16)32-15-5-3-2-4-6-15/h2-6,11-14,17H,7-10H2,1H3,(H,27,29)/b18-11+/t17-/m1/s1. The van der Waals surface area contributed by atoms with Crippen molar-refractivity contribution in [3.05, 3.63) is 59.2 Å². The number of benzene rings is 1. The second-order valence-corrected chi connectivity index (χ2v) is 10.2. The van der Waals surface area contributed by atoms with Gasteiger partial charge in [0, 0.05) is 18.4 Å². The second kappa shape index (κ2) is 8.77. The Labute approximate surface area is 189 Å². The smallest absolute Gasteiger partial charge is 0.309 e. The summed E-state index contributed by atoms with van der Waals surface area (Å²) in [7, 11) is -4.07. The summed E-state index contributed by atoms with van der Waals surface area (Å²) < 4.78 is 71.7. The first-order valence-electron chi connectivity index (χ1n) is 10.4. The molecule has 176 valence electrons. The Balaban J connectivity index is 1.65. The minimum absolute atomic E-state index is 0.140. The molecule has 0 radical (unpaired) electrons. The number of nitrogens with zero attached hydrogens (tertiary/aromatic N) is 2. The number of carbonyl (C=O) groups is 1. The summed E-state index contributed by atoms with van der Waals surface area (Å²) >= 11 is 0. The van der Waals surface area contributed by atoms with Gasteiger partial charge in [-0.25, -0.2) is 13.4 Å². The molecule has 2 aromatic rings. The van der Waals surface area contributed by atoms with E-state index < -0.39 is 44.6 Å². The van der Waals surface area contributed by atoms with Crippen LogP contribution in [0.4, 0.5) is 13.2 Å². The third kappa shape index (κ3) is 5.52. The molecule has 1 heterocycles. The summed E-state index contributed by atoms with van der Waals surface area (Å²) in [5.74, 6) is -5.89. The Hall–Kier alpha value is -2.95. The molecule has 1 aromatic heterocycles. The monoisotopic (exact) mass is 481 g/mol. The molecule has 0 saturated heterocycles. The number of ether oxygens (including phenoxy) is 1. The van der Waals surface area contributed by atoms with Crippen LogP contribution < -0.4 is 10.1 Å². The number of hydrogen-bond acceptors (Lipinski definition) is 6. The first kappa shape index (κ1) is 23.2. The first-order valence-corrected chi connectivity index (χ1v) is 12.3. The SMILES string of the molecule is CS(=O)(=O)/C(F)=C/[C@@H](NC(=O)c1cnc(C(F)(F)C2CC2)nc1Oc1ccccc1)C1CC1. The first-order chi connectivity index (χ1) is 15.6. The lowest BCUT2D eigenvalue weighted by molar-refractivity contribution is -0.0379. The van der Waals surface area contributed by atoms with E-state index in [2.05, 4.69) is 15.3 Å². The van der Waals surface area contributed by atoms with Gasteiger partial charge in [-0.1, -0.05) is 18.2 Å². The number of rotatable bonds is 9.